The minimum absolute atomic E-state index is 0.0782. The van der Waals surface area contributed by atoms with E-state index in [1.165, 1.54) is 0 Å². The van der Waals surface area contributed by atoms with Crippen LogP contribution < -0.4 is 10.2 Å². The fraction of sp³-hybridized carbons (Fsp3) is 0.562. The van der Waals surface area contributed by atoms with Crippen molar-refractivity contribution in [2.45, 2.75) is 37.5 Å². The maximum absolute atomic E-state index is 12.3. The van der Waals surface area contributed by atoms with E-state index in [4.69, 9.17) is 4.74 Å². The van der Waals surface area contributed by atoms with Crippen molar-refractivity contribution in [3.8, 4) is 0 Å². The smallest absolute Gasteiger partial charge is 0.249 e. The molecule has 3 atom stereocenters. The third kappa shape index (κ3) is 2.94. The molecule has 8 heteroatoms. The average molecular weight is 331 g/mol. The molecule has 2 saturated heterocycles. The number of amides is 1. The Labute approximate surface area is 139 Å². The van der Waals surface area contributed by atoms with Crippen LogP contribution in [-0.4, -0.2) is 63.3 Å². The standard InChI is InChI=1S/C16H21N5O3/c22-12-6-11(19-16(23)13-2-1-5-24-13)9-20(10-12)15-8-17-7-14-18-3-4-21(14)15/h3-4,7-8,11-13,22H,1-2,5-6,9-10H2,(H,19,23)/t11-,12+,13+/m0/s1. The lowest BCUT2D eigenvalue weighted by Crippen LogP contribution is -2.54. The fourth-order valence-electron chi connectivity index (χ4n) is 3.51. The number of fused-ring (bicyclic) bond motifs is 1. The maximum atomic E-state index is 12.3. The zero-order valence-electron chi connectivity index (χ0n) is 13.3. The normalized spacial score (nSPS) is 27.5. The Morgan fingerprint density at radius 1 is 1.38 bits per heavy atom. The molecule has 8 nitrogen and oxygen atoms in total. The van der Waals surface area contributed by atoms with Crippen molar-refractivity contribution in [3.05, 3.63) is 24.8 Å². The predicted molar refractivity (Wildman–Crippen MR) is 86.7 cm³/mol. The third-order valence-electron chi connectivity index (χ3n) is 4.62. The fourth-order valence-corrected chi connectivity index (χ4v) is 3.51. The van der Waals surface area contributed by atoms with E-state index in [1.807, 2.05) is 15.5 Å². The SMILES string of the molecule is O=C(N[C@H]1C[C@@H](O)CN(c2cncc3nccn23)C1)[C@H]1CCCO1. The number of anilines is 1. The first-order valence-corrected chi connectivity index (χ1v) is 8.33. The van der Waals surface area contributed by atoms with Gasteiger partial charge in [0.2, 0.25) is 5.91 Å². The predicted octanol–water partition coefficient (Wildman–Crippen LogP) is -0.0359. The summed E-state index contributed by atoms with van der Waals surface area (Å²) in [7, 11) is 0. The lowest BCUT2D eigenvalue weighted by molar-refractivity contribution is -0.131. The minimum atomic E-state index is -0.507. The van der Waals surface area contributed by atoms with Crippen molar-refractivity contribution in [1.82, 2.24) is 19.7 Å². The topological polar surface area (TPSA) is 92.0 Å². The van der Waals surface area contributed by atoms with Gasteiger partial charge in [-0.3, -0.25) is 14.2 Å². The average Bonchev–Trinajstić information content (AvgIpc) is 3.25. The number of imidazole rings is 1. The second-order valence-corrected chi connectivity index (χ2v) is 6.42. The van der Waals surface area contributed by atoms with Crippen LogP contribution in [0.15, 0.2) is 24.8 Å². The molecular formula is C16H21N5O3. The highest BCUT2D eigenvalue weighted by atomic mass is 16.5. The number of aromatic nitrogens is 3. The number of aliphatic hydroxyl groups is 1. The second kappa shape index (κ2) is 6.37. The lowest BCUT2D eigenvalue weighted by Gasteiger charge is -2.37. The van der Waals surface area contributed by atoms with E-state index in [1.54, 1.807) is 18.6 Å². The van der Waals surface area contributed by atoms with Gasteiger partial charge in [0.15, 0.2) is 5.65 Å². The quantitative estimate of drug-likeness (QED) is 0.820. The molecule has 1 amide bonds. The van der Waals surface area contributed by atoms with Gasteiger partial charge in [0.25, 0.3) is 0 Å². The first kappa shape index (κ1) is 15.3. The van der Waals surface area contributed by atoms with E-state index >= 15 is 0 Å². The van der Waals surface area contributed by atoms with Crippen LogP contribution in [0.2, 0.25) is 0 Å². The largest absolute Gasteiger partial charge is 0.391 e. The number of β-amino-alcohol motifs (C(OH)–C–C–N with tert-alkyl or cyclic N) is 1. The van der Waals surface area contributed by atoms with Crippen LogP contribution in [0, 0.1) is 0 Å². The van der Waals surface area contributed by atoms with Gasteiger partial charge in [0, 0.05) is 38.1 Å². The van der Waals surface area contributed by atoms with Crippen LogP contribution >= 0.6 is 0 Å². The van der Waals surface area contributed by atoms with Crippen LogP contribution in [0.4, 0.5) is 5.82 Å². The van der Waals surface area contributed by atoms with E-state index in [0.717, 1.165) is 24.3 Å². The van der Waals surface area contributed by atoms with Crippen LogP contribution in [0.1, 0.15) is 19.3 Å². The third-order valence-corrected chi connectivity index (χ3v) is 4.62. The molecule has 4 heterocycles. The summed E-state index contributed by atoms with van der Waals surface area (Å²) >= 11 is 0. The summed E-state index contributed by atoms with van der Waals surface area (Å²) in [6.07, 6.45) is 8.41. The van der Waals surface area contributed by atoms with E-state index in [2.05, 4.69) is 15.3 Å². The van der Waals surface area contributed by atoms with Gasteiger partial charge in [-0.1, -0.05) is 0 Å². The summed E-state index contributed by atoms with van der Waals surface area (Å²) in [5.74, 6) is 0.783. The molecule has 0 spiro atoms. The number of carbonyl (C=O) groups is 1. The summed E-state index contributed by atoms with van der Waals surface area (Å²) in [5.41, 5.74) is 0.757. The van der Waals surface area contributed by atoms with Crippen molar-refractivity contribution < 1.29 is 14.6 Å². The van der Waals surface area contributed by atoms with Gasteiger partial charge in [0.05, 0.1) is 18.5 Å². The molecule has 0 unspecified atom stereocenters. The van der Waals surface area contributed by atoms with Gasteiger partial charge >= 0.3 is 0 Å². The molecule has 4 rings (SSSR count). The molecule has 2 aliphatic heterocycles. The number of ether oxygens (including phenoxy) is 1. The van der Waals surface area contributed by atoms with Crippen molar-refractivity contribution in [3.63, 3.8) is 0 Å². The number of hydrogen-bond donors (Lipinski definition) is 2. The zero-order chi connectivity index (χ0) is 16.5. The minimum Gasteiger partial charge on any atom is -0.391 e. The molecule has 0 saturated carbocycles. The molecule has 0 radical (unpaired) electrons. The highest BCUT2D eigenvalue weighted by Gasteiger charge is 2.31. The van der Waals surface area contributed by atoms with Crippen molar-refractivity contribution in [2.75, 3.05) is 24.6 Å². The van der Waals surface area contributed by atoms with Crippen LogP contribution in [-0.2, 0) is 9.53 Å². The summed E-state index contributed by atoms with van der Waals surface area (Å²) in [6.45, 7) is 1.77. The highest BCUT2D eigenvalue weighted by Crippen LogP contribution is 2.21. The molecule has 0 bridgehead atoms. The van der Waals surface area contributed by atoms with Crippen molar-refractivity contribution in [2.24, 2.45) is 0 Å². The van der Waals surface area contributed by atoms with E-state index < -0.39 is 6.10 Å². The summed E-state index contributed by atoms with van der Waals surface area (Å²) in [4.78, 5) is 22.8. The Morgan fingerprint density at radius 2 is 2.29 bits per heavy atom. The molecule has 0 aliphatic carbocycles. The molecule has 2 aromatic heterocycles. The highest BCUT2D eigenvalue weighted by molar-refractivity contribution is 5.81. The Bertz CT molecular complexity index is 727. The van der Waals surface area contributed by atoms with Crippen LogP contribution in [0.5, 0.6) is 0 Å². The number of piperidine rings is 1. The molecule has 24 heavy (non-hydrogen) atoms. The monoisotopic (exact) mass is 331 g/mol. The summed E-state index contributed by atoms with van der Waals surface area (Å²) in [6, 6.07) is -0.121. The Kier molecular flexibility index (Phi) is 4.07. The number of carbonyl (C=O) groups excluding carboxylic acids is 1. The second-order valence-electron chi connectivity index (χ2n) is 6.42. The van der Waals surface area contributed by atoms with Crippen LogP contribution in [0.25, 0.3) is 5.65 Å². The van der Waals surface area contributed by atoms with E-state index in [0.29, 0.717) is 26.1 Å². The van der Waals surface area contributed by atoms with Crippen molar-refractivity contribution >= 4 is 17.4 Å². The maximum Gasteiger partial charge on any atom is 0.249 e. The van der Waals surface area contributed by atoms with Gasteiger partial charge in [0.1, 0.15) is 11.9 Å². The number of nitrogens with zero attached hydrogens (tertiary/aromatic N) is 4. The molecule has 2 aromatic rings. The Balaban J connectivity index is 1.50. The molecule has 2 fully saturated rings. The first-order valence-electron chi connectivity index (χ1n) is 8.33. The van der Waals surface area contributed by atoms with Gasteiger partial charge < -0.3 is 20.1 Å². The molecular weight excluding hydrogens is 310 g/mol. The lowest BCUT2D eigenvalue weighted by atomic mass is 10.0. The van der Waals surface area contributed by atoms with E-state index in [-0.39, 0.29) is 18.1 Å². The number of rotatable bonds is 3. The Morgan fingerprint density at radius 3 is 3.12 bits per heavy atom. The Hall–Kier alpha value is -2.19. The molecule has 128 valence electrons. The zero-order valence-corrected chi connectivity index (χ0v) is 13.3. The van der Waals surface area contributed by atoms with Gasteiger partial charge in [-0.15, -0.1) is 0 Å². The van der Waals surface area contributed by atoms with E-state index in [9.17, 15) is 9.90 Å². The number of hydrogen-bond acceptors (Lipinski definition) is 6. The van der Waals surface area contributed by atoms with Gasteiger partial charge in [-0.25, -0.2) is 4.98 Å². The molecule has 2 N–H and O–H groups in total. The number of nitrogens with one attached hydrogen (secondary N) is 1. The number of aliphatic hydroxyl groups excluding tert-OH is 1. The first-order chi connectivity index (χ1) is 11.7. The molecule has 0 aromatic carbocycles. The summed E-state index contributed by atoms with van der Waals surface area (Å²) < 4.78 is 7.37. The van der Waals surface area contributed by atoms with Crippen LogP contribution in [0.3, 0.4) is 0 Å². The van der Waals surface area contributed by atoms with Crippen molar-refractivity contribution in [1.29, 1.82) is 0 Å². The summed E-state index contributed by atoms with van der Waals surface area (Å²) in [5, 5.41) is 13.3. The molecule has 2 aliphatic rings. The van der Waals surface area contributed by atoms with Gasteiger partial charge in [-0.2, -0.15) is 0 Å². The van der Waals surface area contributed by atoms with Gasteiger partial charge in [-0.05, 0) is 19.3 Å².